The highest BCUT2D eigenvalue weighted by Gasteiger charge is 1.80. The van der Waals surface area contributed by atoms with Crippen molar-refractivity contribution < 1.29 is 14.7 Å². The van der Waals surface area contributed by atoms with E-state index in [2.05, 4.69) is 5.73 Å². The van der Waals surface area contributed by atoms with Gasteiger partial charge >= 0.3 is 5.97 Å². The van der Waals surface area contributed by atoms with Crippen LogP contribution in [0.4, 0.5) is 0 Å². The molecule has 0 aromatic rings. The maximum Gasteiger partial charge on any atom is 0.303 e. The zero-order chi connectivity index (χ0) is 12.0. The zero-order valence-corrected chi connectivity index (χ0v) is 9.91. The van der Waals surface area contributed by atoms with Crippen molar-refractivity contribution in [1.29, 1.82) is 5.26 Å². The van der Waals surface area contributed by atoms with Crippen molar-refractivity contribution in [3.05, 3.63) is 0 Å². The molecular weight excluding hydrogens is 198 g/mol. The molecule has 0 aliphatic heterocycles. The van der Waals surface area contributed by atoms with Crippen LogP contribution in [0.3, 0.4) is 0 Å². The molecule has 0 unspecified atom stereocenters. The van der Waals surface area contributed by atoms with Gasteiger partial charge in [-0.3, -0.25) is 9.59 Å². The van der Waals surface area contributed by atoms with E-state index < -0.39 is 5.97 Å². The van der Waals surface area contributed by atoms with E-state index in [9.17, 15) is 9.59 Å². The highest BCUT2D eigenvalue weighted by atomic mass is 16.4. The van der Waals surface area contributed by atoms with Crippen LogP contribution in [-0.2, 0) is 9.59 Å². The fourth-order valence-electron chi connectivity index (χ4n) is 0. The van der Waals surface area contributed by atoms with Crippen LogP contribution in [0.25, 0.3) is 0 Å². The minimum absolute atomic E-state index is 0. The van der Waals surface area contributed by atoms with Crippen molar-refractivity contribution in [3.8, 4) is 6.07 Å². The van der Waals surface area contributed by atoms with Gasteiger partial charge < -0.3 is 17.0 Å². The van der Waals surface area contributed by atoms with E-state index in [0.717, 1.165) is 0 Å². The summed E-state index contributed by atoms with van der Waals surface area (Å²) < 4.78 is 0. The van der Waals surface area contributed by atoms with Gasteiger partial charge in [-0.1, -0.05) is 20.8 Å². The summed E-state index contributed by atoms with van der Waals surface area (Å²) in [6, 6.07) is 1.93. The fraction of sp³-hybridized carbons (Fsp3) is 0.667. The molecule has 0 rings (SSSR count). The number of nitriles is 1. The number of primary amides is 1. The molecule has 6 nitrogen and oxygen atoms in total. The molecule has 0 radical (unpaired) electrons. The first-order valence-corrected chi connectivity index (χ1v) is 4.33. The van der Waals surface area contributed by atoms with Gasteiger partial charge in [-0.25, -0.2) is 0 Å². The molecule has 6 heteroatoms. The first-order valence-electron chi connectivity index (χ1n) is 4.33. The second-order valence-corrected chi connectivity index (χ2v) is 2.08. The number of nitrogens with two attached hydrogens (primary N) is 1. The summed E-state index contributed by atoms with van der Waals surface area (Å²) in [5.41, 5.74) is 4.65. The van der Waals surface area contributed by atoms with E-state index in [4.69, 9.17) is 10.4 Å². The number of quaternary nitrogens is 1. The van der Waals surface area contributed by atoms with Crippen LogP contribution >= 0.6 is 0 Å². The zero-order valence-electron chi connectivity index (χ0n) is 9.91. The van der Waals surface area contributed by atoms with Crippen LogP contribution in [0.5, 0.6) is 0 Å². The number of carboxylic acids is 1. The van der Waals surface area contributed by atoms with Crippen molar-refractivity contribution in [2.75, 3.05) is 0 Å². The van der Waals surface area contributed by atoms with Gasteiger partial charge in [0.2, 0.25) is 5.91 Å². The molecular formula is C9H22N3O3+. The quantitative estimate of drug-likeness (QED) is 0.650. The van der Waals surface area contributed by atoms with Crippen LogP contribution < -0.4 is 11.9 Å². The minimum atomic E-state index is -0.745. The molecule has 1 amide bonds. The Morgan fingerprint density at radius 3 is 1.47 bits per heavy atom. The summed E-state index contributed by atoms with van der Waals surface area (Å²) in [7, 11) is 0. The van der Waals surface area contributed by atoms with Crippen LogP contribution in [0.2, 0.25) is 0 Å². The molecule has 0 aliphatic rings. The molecule has 0 bridgehead atoms. The Labute approximate surface area is 90.7 Å². The standard InChI is InChI=1S/C3H7NO.C3H5N.C3H6O2.H3N/c1-2-3(4)5;1-2-3-4;1-2-3(4)5;/h2H2,1H3,(H2,4,5);2H2,1H3;2H2,1H3,(H,4,5);1H3/p+1. The molecule has 0 saturated carbocycles. The Hall–Kier alpha value is -1.61. The maximum atomic E-state index is 9.59. The number of carbonyl (C=O) groups excluding carboxylic acids is 1. The van der Waals surface area contributed by atoms with Crippen LogP contribution in [-0.4, -0.2) is 17.0 Å². The van der Waals surface area contributed by atoms with E-state index in [-0.39, 0.29) is 18.5 Å². The minimum Gasteiger partial charge on any atom is -0.481 e. The Balaban J connectivity index is -0.0000000590. The van der Waals surface area contributed by atoms with Gasteiger partial charge in [-0.2, -0.15) is 5.26 Å². The third kappa shape index (κ3) is 116. The fourth-order valence-corrected chi connectivity index (χ4v) is 0. The summed E-state index contributed by atoms with van der Waals surface area (Å²) in [4.78, 5) is 19.0. The smallest absolute Gasteiger partial charge is 0.303 e. The Morgan fingerprint density at radius 1 is 1.27 bits per heavy atom. The third-order valence-corrected chi connectivity index (χ3v) is 0.809. The third-order valence-electron chi connectivity index (χ3n) is 0.809. The number of carboxylic acid groups (broad SMARTS) is 1. The van der Waals surface area contributed by atoms with Gasteiger partial charge in [-0.05, 0) is 0 Å². The molecule has 0 spiro atoms. The summed E-state index contributed by atoms with van der Waals surface area (Å²) >= 11 is 0. The van der Waals surface area contributed by atoms with E-state index >= 15 is 0 Å². The SMILES string of the molecule is CCC#N.CCC(=O)O.CCC(N)=O.[NH4+]. The van der Waals surface area contributed by atoms with Gasteiger partial charge in [0.05, 0.1) is 6.07 Å². The van der Waals surface area contributed by atoms with E-state index in [1.165, 1.54) is 0 Å². The number of hydrogen-bond donors (Lipinski definition) is 3. The van der Waals surface area contributed by atoms with Crippen molar-refractivity contribution >= 4 is 11.9 Å². The lowest BCUT2D eigenvalue weighted by Crippen LogP contribution is -2.06. The first kappa shape index (κ1) is 23.3. The van der Waals surface area contributed by atoms with Crippen molar-refractivity contribution in [2.24, 2.45) is 5.73 Å². The predicted molar refractivity (Wildman–Crippen MR) is 59.3 cm³/mol. The van der Waals surface area contributed by atoms with Crippen LogP contribution in [0, 0.1) is 11.3 Å². The maximum absolute atomic E-state index is 9.59. The van der Waals surface area contributed by atoms with Crippen LogP contribution in [0.15, 0.2) is 0 Å². The highest BCUT2D eigenvalue weighted by molar-refractivity contribution is 5.73. The Bertz CT molecular complexity index is 174. The number of rotatable bonds is 2. The molecule has 7 N–H and O–H groups in total. The number of aliphatic carboxylic acids is 1. The first-order chi connectivity index (χ1) is 6.45. The van der Waals surface area contributed by atoms with Crippen molar-refractivity contribution in [2.45, 2.75) is 40.0 Å². The molecule has 15 heavy (non-hydrogen) atoms. The lowest BCUT2D eigenvalue weighted by Gasteiger charge is -1.73. The normalized spacial score (nSPS) is 6.27. The lowest BCUT2D eigenvalue weighted by atomic mass is 10.5. The second kappa shape index (κ2) is 22.8. The lowest BCUT2D eigenvalue weighted by molar-refractivity contribution is -0.136. The summed E-state index contributed by atoms with van der Waals surface area (Å²) in [5, 5.41) is 15.3. The van der Waals surface area contributed by atoms with E-state index in [0.29, 0.717) is 12.8 Å². The van der Waals surface area contributed by atoms with Gasteiger partial charge in [0, 0.05) is 19.3 Å². The van der Waals surface area contributed by atoms with E-state index in [1.54, 1.807) is 13.8 Å². The highest BCUT2D eigenvalue weighted by Crippen LogP contribution is 1.67. The summed E-state index contributed by atoms with van der Waals surface area (Å²) in [5.74, 6) is -0.991. The van der Waals surface area contributed by atoms with E-state index in [1.807, 2.05) is 13.0 Å². The summed E-state index contributed by atoms with van der Waals surface area (Å²) in [6.45, 7) is 5.14. The Kier molecular flexibility index (Phi) is 35.5. The molecule has 0 fully saturated rings. The molecule has 0 atom stereocenters. The Morgan fingerprint density at radius 2 is 1.47 bits per heavy atom. The monoisotopic (exact) mass is 220 g/mol. The largest absolute Gasteiger partial charge is 0.481 e. The molecule has 0 aliphatic carbocycles. The molecule has 90 valence electrons. The predicted octanol–water partition coefficient (Wildman–Crippen LogP) is 1.66. The molecule has 0 aromatic carbocycles. The topological polar surface area (TPSA) is 141 Å². The number of hydrogen-bond acceptors (Lipinski definition) is 3. The van der Waals surface area contributed by atoms with Gasteiger partial charge in [0.25, 0.3) is 0 Å². The van der Waals surface area contributed by atoms with Gasteiger partial charge in [-0.15, -0.1) is 0 Å². The van der Waals surface area contributed by atoms with Crippen molar-refractivity contribution in [1.82, 2.24) is 6.15 Å². The number of nitrogens with zero attached hydrogens (tertiary/aromatic N) is 1. The van der Waals surface area contributed by atoms with Gasteiger partial charge in [0.1, 0.15) is 0 Å². The number of carbonyl (C=O) groups is 2. The second-order valence-electron chi connectivity index (χ2n) is 2.08. The molecule has 0 heterocycles. The van der Waals surface area contributed by atoms with Crippen molar-refractivity contribution in [3.63, 3.8) is 0 Å². The molecule has 0 saturated heterocycles. The van der Waals surface area contributed by atoms with Crippen LogP contribution in [0.1, 0.15) is 40.0 Å². The average Bonchev–Trinajstić information content (AvgIpc) is 2.19. The average molecular weight is 220 g/mol. The van der Waals surface area contributed by atoms with Gasteiger partial charge in [0.15, 0.2) is 0 Å². The number of amides is 1. The molecule has 0 aromatic heterocycles. The summed E-state index contributed by atoms with van der Waals surface area (Å²) in [6.07, 6.45) is 1.29.